The third-order valence-corrected chi connectivity index (χ3v) is 8.68. The predicted molar refractivity (Wildman–Crippen MR) is 90.0 cm³/mol. The Bertz CT molecular complexity index is 1230. The zero-order valence-electron chi connectivity index (χ0n) is 13.8. The smallest absolute Gasteiger partial charge is 0.295 e. The van der Waals surface area contributed by atoms with Gasteiger partial charge in [0.05, 0.1) is 17.8 Å². The molecule has 128 valence electrons. The van der Waals surface area contributed by atoms with Gasteiger partial charge >= 0.3 is 11.4 Å². The Kier molecular flexibility index (Phi) is 1.57. The number of benzene rings is 1. The second-order valence-electron chi connectivity index (χ2n) is 8.97. The number of allylic oxidation sites excluding steroid dienone is 2. The number of rotatable bonds is 1. The van der Waals surface area contributed by atoms with E-state index in [1.807, 2.05) is 18.2 Å². The van der Waals surface area contributed by atoms with Crippen molar-refractivity contribution in [2.75, 3.05) is 0 Å². The maximum absolute atomic E-state index is 13.3. The monoisotopic (exact) mass is 345 g/mol. The van der Waals surface area contributed by atoms with Gasteiger partial charge in [0.15, 0.2) is 5.78 Å². The van der Waals surface area contributed by atoms with E-state index in [-0.39, 0.29) is 40.1 Å². The molecule has 2 bridgehead atoms. The van der Waals surface area contributed by atoms with Gasteiger partial charge < -0.3 is 0 Å². The van der Waals surface area contributed by atoms with Gasteiger partial charge in [-0.25, -0.2) is 23.5 Å². The number of nitrogens with zero attached hydrogens (tertiary/aromatic N) is 3. The van der Waals surface area contributed by atoms with E-state index in [4.69, 9.17) is 0 Å². The van der Waals surface area contributed by atoms with Gasteiger partial charge in [-0.15, -0.1) is 0 Å². The van der Waals surface area contributed by atoms with Gasteiger partial charge in [-0.1, -0.05) is 24.3 Å². The summed E-state index contributed by atoms with van der Waals surface area (Å²) in [6.45, 7) is 0. The fourth-order valence-corrected chi connectivity index (χ4v) is 8.36. The highest BCUT2D eigenvalue weighted by molar-refractivity contribution is 5.93. The molecular formula is C20H15N3O3. The summed E-state index contributed by atoms with van der Waals surface area (Å²) in [6, 6.07) is 9.24. The highest BCUT2D eigenvalue weighted by Gasteiger charge is 3.03. The van der Waals surface area contributed by atoms with Crippen molar-refractivity contribution in [3.8, 4) is 5.69 Å². The van der Waals surface area contributed by atoms with E-state index in [9.17, 15) is 14.4 Å². The summed E-state index contributed by atoms with van der Waals surface area (Å²) in [5.74, 6) is 2.30. The van der Waals surface area contributed by atoms with Crippen LogP contribution in [0.15, 0.2) is 52.1 Å². The molecular weight excluding hydrogens is 330 g/mol. The minimum atomic E-state index is -0.238. The molecule has 1 aromatic carbocycles. The van der Waals surface area contributed by atoms with Gasteiger partial charge in [-0.3, -0.25) is 4.79 Å². The van der Waals surface area contributed by atoms with Crippen molar-refractivity contribution in [3.05, 3.63) is 63.5 Å². The molecule has 2 aromatic rings. The Balaban J connectivity index is 1.48. The minimum Gasteiger partial charge on any atom is -0.295 e. The second-order valence-corrected chi connectivity index (χ2v) is 8.97. The standard InChI is InChI=1S/C20H15N3O3/c24-10-6-7-19-14-11-12-13(11)16(20(14,19)8-10)23-18(26)21(9-4-2-1-3-5-9)17(25)22(23)15(12)19/h1-7,11-16H,8H2/t11-,12+,13+,14+,15-,16-,19+,20-/m1/s1. The molecule has 4 fully saturated rings. The van der Waals surface area contributed by atoms with Crippen molar-refractivity contribution < 1.29 is 4.79 Å². The van der Waals surface area contributed by atoms with E-state index in [1.54, 1.807) is 27.6 Å². The maximum Gasteiger partial charge on any atom is 0.352 e. The average Bonchev–Trinajstić information content (AvgIpc) is 3.40. The van der Waals surface area contributed by atoms with E-state index >= 15 is 0 Å². The summed E-state index contributed by atoms with van der Waals surface area (Å²) in [5.41, 5.74) is 0.0242. The lowest BCUT2D eigenvalue weighted by Gasteiger charge is -2.48. The average molecular weight is 345 g/mol. The number of carbonyl (C=O) groups excluding carboxylic acids is 1. The summed E-state index contributed by atoms with van der Waals surface area (Å²) in [6.07, 6.45) is 4.40. The highest BCUT2D eigenvalue weighted by atomic mass is 16.2. The van der Waals surface area contributed by atoms with Gasteiger partial charge in [-0.2, -0.15) is 0 Å². The fourth-order valence-electron chi connectivity index (χ4n) is 8.36. The topological polar surface area (TPSA) is 66.0 Å². The van der Waals surface area contributed by atoms with Crippen LogP contribution in [-0.2, 0) is 4.79 Å². The van der Waals surface area contributed by atoms with Gasteiger partial charge in [0.2, 0.25) is 0 Å². The third kappa shape index (κ3) is 0.863. The number of aromatic nitrogens is 3. The van der Waals surface area contributed by atoms with Gasteiger partial charge in [0.25, 0.3) is 0 Å². The lowest BCUT2D eigenvalue weighted by Crippen LogP contribution is -2.53. The van der Waals surface area contributed by atoms with E-state index in [2.05, 4.69) is 6.08 Å². The lowest BCUT2D eigenvalue weighted by molar-refractivity contribution is -0.119. The van der Waals surface area contributed by atoms with Crippen molar-refractivity contribution in [1.29, 1.82) is 0 Å². The summed E-state index contributed by atoms with van der Waals surface area (Å²) >= 11 is 0. The molecule has 1 aromatic heterocycles. The summed E-state index contributed by atoms with van der Waals surface area (Å²) < 4.78 is 4.83. The molecule has 3 heterocycles. The van der Waals surface area contributed by atoms with Gasteiger partial charge in [-0.05, 0) is 41.9 Å². The Morgan fingerprint density at radius 1 is 0.885 bits per heavy atom. The molecule has 2 spiro atoms. The summed E-state index contributed by atoms with van der Waals surface area (Å²) in [4.78, 5) is 38.9. The van der Waals surface area contributed by atoms with Crippen molar-refractivity contribution in [2.24, 2.45) is 34.5 Å². The number of para-hydroxylation sites is 1. The molecule has 2 aliphatic heterocycles. The minimum absolute atomic E-state index is 0.0200. The van der Waals surface area contributed by atoms with Crippen LogP contribution in [0.4, 0.5) is 0 Å². The lowest BCUT2D eigenvalue weighted by atomic mass is 9.67. The molecule has 8 atom stereocenters. The summed E-state index contributed by atoms with van der Waals surface area (Å²) in [5, 5.41) is 0. The molecule has 26 heavy (non-hydrogen) atoms. The quantitative estimate of drug-likeness (QED) is 0.772. The van der Waals surface area contributed by atoms with Crippen molar-refractivity contribution in [1.82, 2.24) is 13.9 Å². The first-order valence-corrected chi connectivity index (χ1v) is 9.38. The Morgan fingerprint density at radius 3 is 2.35 bits per heavy atom. The highest BCUT2D eigenvalue weighted by Crippen LogP contribution is 3.03. The van der Waals surface area contributed by atoms with Gasteiger partial charge in [0.1, 0.15) is 0 Å². The molecule has 5 aliphatic carbocycles. The van der Waals surface area contributed by atoms with Crippen molar-refractivity contribution in [2.45, 2.75) is 18.5 Å². The largest absolute Gasteiger partial charge is 0.352 e. The van der Waals surface area contributed by atoms with E-state index in [1.165, 1.54) is 4.57 Å². The van der Waals surface area contributed by atoms with E-state index < -0.39 is 0 Å². The second kappa shape index (κ2) is 3.21. The van der Waals surface area contributed by atoms with E-state index in [0.29, 0.717) is 35.8 Å². The SMILES string of the molecule is O=C1C=C[C@@]23[C@H]4[C@@H]5[C@@H]6[C@@H]5[C@@H]2[C@]3(C1)[C@@H]6n1c(=O)n(-c2ccccc2)c(=O)n14. The van der Waals surface area contributed by atoms with Crippen LogP contribution in [0.5, 0.6) is 0 Å². The zero-order chi connectivity index (χ0) is 17.2. The molecule has 7 aliphatic rings. The van der Waals surface area contributed by atoms with Crippen LogP contribution in [-0.4, -0.2) is 19.7 Å². The fraction of sp³-hybridized carbons (Fsp3) is 0.450. The number of hydrogen-bond donors (Lipinski definition) is 0. The zero-order valence-corrected chi connectivity index (χ0v) is 13.8. The first-order valence-electron chi connectivity index (χ1n) is 9.38. The normalized spacial score (nSPS) is 49.2. The number of carbonyl (C=O) groups is 1. The van der Waals surface area contributed by atoms with Crippen LogP contribution in [0, 0.1) is 34.5 Å². The summed E-state index contributed by atoms with van der Waals surface area (Å²) in [7, 11) is 0. The molecule has 9 rings (SSSR count). The predicted octanol–water partition coefficient (Wildman–Crippen LogP) is 0.917. The number of hydrogen-bond acceptors (Lipinski definition) is 3. The van der Waals surface area contributed by atoms with Gasteiger partial charge in [0, 0.05) is 17.3 Å². The molecule has 0 saturated heterocycles. The first kappa shape index (κ1) is 12.7. The van der Waals surface area contributed by atoms with Crippen molar-refractivity contribution in [3.63, 3.8) is 0 Å². The van der Waals surface area contributed by atoms with Crippen LogP contribution < -0.4 is 11.4 Å². The maximum atomic E-state index is 13.3. The Labute approximate surface area is 147 Å². The van der Waals surface area contributed by atoms with Crippen LogP contribution in [0.25, 0.3) is 5.69 Å². The Hall–Kier alpha value is -2.63. The molecule has 6 heteroatoms. The van der Waals surface area contributed by atoms with Crippen LogP contribution in [0.2, 0.25) is 0 Å². The van der Waals surface area contributed by atoms with Crippen molar-refractivity contribution >= 4 is 5.78 Å². The molecule has 0 unspecified atom stereocenters. The molecule has 0 N–H and O–H groups in total. The molecule has 0 radical (unpaired) electrons. The Morgan fingerprint density at radius 2 is 1.58 bits per heavy atom. The van der Waals surface area contributed by atoms with Crippen LogP contribution in [0.1, 0.15) is 18.5 Å². The molecule has 0 amide bonds. The molecule has 6 nitrogen and oxygen atoms in total. The third-order valence-electron chi connectivity index (χ3n) is 8.68. The first-order chi connectivity index (χ1) is 12.6. The number of ketones is 1. The molecule has 4 saturated carbocycles. The van der Waals surface area contributed by atoms with Crippen LogP contribution >= 0.6 is 0 Å². The van der Waals surface area contributed by atoms with E-state index in [0.717, 1.165) is 0 Å². The van der Waals surface area contributed by atoms with Crippen LogP contribution in [0.3, 0.4) is 0 Å².